The Kier molecular flexibility index (Phi) is 3.33. The van der Waals surface area contributed by atoms with E-state index in [2.05, 4.69) is 0 Å². The maximum Gasteiger partial charge on any atom is 0.335 e. The van der Waals surface area contributed by atoms with Crippen molar-refractivity contribution < 1.29 is 19.5 Å². The average Bonchev–Trinajstić information content (AvgIpc) is 2.17. The predicted octanol–water partition coefficient (Wildman–Crippen LogP) is 1.55. The van der Waals surface area contributed by atoms with Gasteiger partial charge in [-0.15, -0.1) is 0 Å². The molecule has 0 aliphatic rings. The lowest BCUT2D eigenvalue weighted by Gasteiger charge is -1.99. The summed E-state index contributed by atoms with van der Waals surface area (Å²) in [6, 6.07) is 5.65. The molecule has 1 aromatic carbocycles. The largest absolute Gasteiger partial charge is 0.478 e. The summed E-state index contributed by atoms with van der Waals surface area (Å²) < 4.78 is 0. The summed E-state index contributed by atoms with van der Waals surface area (Å²) in [6.07, 6.45) is -0.191. The van der Waals surface area contributed by atoms with E-state index in [-0.39, 0.29) is 29.1 Å². The molecule has 15 heavy (non-hydrogen) atoms. The summed E-state index contributed by atoms with van der Waals surface area (Å²) in [4.78, 5) is 32.7. The molecule has 0 amide bonds. The smallest absolute Gasteiger partial charge is 0.335 e. The molecule has 0 fully saturated rings. The molecule has 4 heteroatoms. The molecule has 0 aliphatic carbocycles. The Morgan fingerprint density at radius 3 is 2.33 bits per heavy atom. The van der Waals surface area contributed by atoms with E-state index >= 15 is 0 Å². The van der Waals surface area contributed by atoms with E-state index in [0.717, 1.165) is 0 Å². The van der Waals surface area contributed by atoms with Crippen LogP contribution in [0.2, 0.25) is 0 Å². The third kappa shape index (κ3) is 3.02. The number of rotatable bonds is 4. The molecule has 0 atom stereocenters. The van der Waals surface area contributed by atoms with Crippen molar-refractivity contribution in [2.45, 2.75) is 13.3 Å². The summed E-state index contributed by atoms with van der Waals surface area (Å²) >= 11 is 0. The van der Waals surface area contributed by atoms with Gasteiger partial charge in [0.15, 0.2) is 5.78 Å². The van der Waals surface area contributed by atoms with Crippen molar-refractivity contribution >= 4 is 17.5 Å². The third-order valence-corrected chi connectivity index (χ3v) is 1.84. The van der Waals surface area contributed by atoms with Crippen LogP contribution in [0.3, 0.4) is 0 Å². The summed E-state index contributed by atoms with van der Waals surface area (Å²) in [5, 5.41) is 8.69. The fourth-order valence-corrected chi connectivity index (χ4v) is 1.15. The van der Waals surface area contributed by atoms with Gasteiger partial charge in [0, 0.05) is 5.56 Å². The minimum atomic E-state index is -1.09. The van der Waals surface area contributed by atoms with Crippen LogP contribution in [-0.2, 0) is 4.79 Å². The van der Waals surface area contributed by atoms with E-state index < -0.39 is 5.97 Å². The lowest BCUT2D eigenvalue weighted by atomic mass is 10.0. The number of aromatic carboxylic acids is 1. The number of carbonyl (C=O) groups is 3. The Bertz CT molecular complexity index is 420. The molecule has 0 heterocycles. The van der Waals surface area contributed by atoms with Crippen LogP contribution in [0, 0.1) is 0 Å². The fourth-order valence-electron chi connectivity index (χ4n) is 1.15. The molecular weight excluding hydrogens is 196 g/mol. The first-order valence-corrected chi connectivity index (χ1v) is 4.36. The van der Waals surface area contributed by atoms with Gasteiger partial charge in [-0.3, -0.25) is 9.59 Å². The normalized spacial score (nSPS) is 9.67. The van der Waals surface area contributed by atoms with Crippen LogP contribution >= 0.6 is 0 Å². The molecule has 78 valence electrons. The second-order valence-corrected chi connectivity index (χ2v) is 3.19. The standard InChI is InChI=1S/C11H10O4/c1-7(12)5-10(13)8-3-2-4-9(6-8)11(14)15/h2-4,6H,5H2,1H3,(H,14,15). The molecule has 4 nitrogen and oxygen atoms in total. The molecule has 1 N–H and O–H groups in total. The molecule has 1 rings (SSSR count). The Labute approximate surface area is 86.5 Å². The summed E-state index contributed by atoms with van der Waals surface area (Å²) in [6.45, 7) is 1.32. The Hall–Kier alpha value is -1.97. The van der Waals surface area contributed by atoms with Gasteiger partial charge >= 0.3 is 5.97 Å². The second-order valence-electron chi connectivity index (χ2n) is 3.19. The van der Waals surface area contributed by atoms with Gasteiger partial charge in [-0.2, -0.15) is 0 Å². The first-order valence-electron chi connectivity index (χ1n) is 4.36. The van der Waals surface area contributed by atoms with Crippen molar-refractivity contribution in [1.82, 2.24) is 0 Å². The van der Waals surface area contributed by atoms with Gasteiger partial charge in [0.2, 0.25) is 0 Å². The van der Waals surface area contributed by atoms with Gasteiger partial charge in [-0.05, 0) is 19.1 Å². The zero-order valence-corrected chi connectivity index (χ0v) is 8.19. The van der Waals surface area contributed by atoms with Crippen molar-refractivity contribution in [3.05, 3.63) is 35.4 Å². The first kappa shape index (κ1) is 11.1. The average molecular weight is 206 g/mol. The van der Waals surface area contributed by atoms with E-state index in [0.29, 0.717) is 0 Å². The minimum Gasteiger partial charge on any atom is -0.478 e. The minimum absolute atomic E-state index is 0.0457. The highest BCUT2D eigenvalue weighted by Crippen LogP contribution is 2.08. The SMILES string of the molecule is CC(=O)CC(=O)c1cccc(C(=O)O)c1. The van der Waals surface area contributed by atoms with Crippen LogP contribution in [0.5, 0.6) is 0 Å². The van der Waals surface area contributed by atoms with Crippen molar-refractivity contribution in [2.24, 2.45) is 0 Å². The Morgan fingerprint density at radius 1 is 1.20 bits per heavy atom. The van der Waals surface area contributed by atoms with Gasteiger partial charge in [-0.1, -0.05) is 12.1 Å². The van der Waals surface area contributed by atoms with E-state index in [4.69, 9.17) is 5.11 Å². The lowest BCUT2D eigenvalue weighted by molar-refractivity contribution is -0.116. The Balaban J connectivity index is 2.95. The molecule has 0 radical (unpaired) electrons. The van der Waals surface area contributed by atoms with Gasteiger partial charge in [0.25, 0.3) is 0 Å². The fraction of sp³-hybridized carbons (Fsp3) is 0.182. The number of benzene rings is 1. The zero-order chi connectivity index (χ0) is 11.4. The molecule has 0 aliphatic heterocycles. The number of carboxylic acids is 1. The molecule has 0 saturated carbocycles. The highest BCUT2D eigenvalue weighted by Gasteiger charge is 2.10. The maximum absolute atomic E-state index is 11.4. The molecule has 0 spiro atoms. The first-order chi connectivity index (χ1) is 7.00. The van der Waals surface area contributed by atoms with Crippen molar-refractivity contribution in [1.29, 1.82) is 0 Å². The van der Waals surface area contributed by atoms with Gasteiger partial charge < -0.3 is 5.11 Å². The molecule has 0 bridgehead atoms. The van der Waals surface area contributed by atoms with Crippen LogP contribution in [0.4, 0.5) is 0 Å². The molecule has 0 aromatic heterocycles. The van der Waals surface area contributed by atoms with Gasteiger partial charge in [-0.25, -0.2) is 4.79 Å². The quantitative estimate of drug-likeness (QED) is 0.599. The second kappa shape index (κ2) is 4.50. The number of hydrogen-bond donors (Lipinski definition) is 1. The summed E-state index contributed by atoms with van der Waals surface area (Å²) in [5.41, 5.74) is 0.300. The van der Waals surface area contributed by atoms with Crippen LogP contribution in [-0.4, -0.2) is 22.6 Å². The summed E-state index contributed by atoms with van der Waals surface area (Å²) in [5.74, 6) is -1.68. The van der Waals surface area contributed by atoms with Crippen molar-refractivity contribution in [3.63, 3.8) is 0 Å². The molecular formula is C11H10O4. The van der Waals surface area contributed by atoms with E-state index in [9.17, 15) is 14.4 Å². The van der Waals surface area contributed by atoms with Gasteiger partial charge in [0.05, 0.1) is 12.0 Å². The Morgan fingerprint density at radius 2 is 1.80 bits per heavy atom. The zero-order valence-electron chi connectivity index (χ0n) is 8.19. The number of carbonyl (C=O) groups excluding carboxylic acids is 2. The van der Waals surface area contributed by atoms with E-state index in [1.807, 2.05) is 0 Å². The molecule has 0 unspecified atom stereocenters. The van der Waals surface area contributed by atoms with Crippen LogP contribution in [0.15, 0.2) is 24.3 Å². The van der Waals surface area contributed by atoms with Gasteiger partial charge in [0.1, 0.15) is 5.78 Å². The van der Waals surface area contributed by atoms with Crippen LogP contribution in [0.25, 0.3) is 0 Å². The molecule has 0 saturated heterocycles. The number of ketones is 2. The topological polar surface area (TPSA) is 71.4 Å². The van der Waals surface area contributed by atoms with Crippen molar-refractivity contribution in [2.75, 3.05) is 0 Å². The monoisotopic (exact) mass is 206 g/mol. The predicted molar refractivity (Wildman–Crippen MR) is 53.0 cm³/mol. The maximum atomic E-state index is 11.4. The number of carboxylic acid groups (broad SMARTS) is 1. The van der Waals surface area contributed by atoms with E-state index in [1.54, 1.807) is 0 Å². The number of Topliss-reactive ketones (excluding diaryl/α,β-unsaturated/α-hetero) is 2. The van der Waals surface area contributed by atoms with Crippen molar-refractivity contribution in [3.8, 4) is 0 Å². The highest BCUT2D eigenvalue weighted by molar-refractivity contribution is 6.08. The highest BCUT2D eigenvalue weighted by atomic mass is 16.4. The van der Waals surface area contributed by atoms with E-state index in [1.165, 1.54) is 31.2 Å². The molecule has 1 aromatic rings. The van der Waals surface area contributed by atoms with Crippen LogP contribution in [0.1, 0.15) is 34.1 Å². The third-order valence-electron chi connectivity index (χ3n) is 1.84. The number of hydrogen-bond acceptors (Lipinski definition) is 3. The summed E-state index contributed by atoms with van der Waals surface area (Å²) in [7, 11) is 0. The lowest BCUT2D eigenvalue weighted by Crippen LogP contribution is -2.06. The van der Waals surface area contributed by atoms with Crippen LogP contribution < -0.4 is 0 Å².